The van der Waals surface area contributed by atoms with E-state index in [0.29, 0.717) is 11.1 Å². The van der Waals surface area contributed by atoms with E-state index in [1.807, 2.05) is 18.2 Å². The zero-order valence-corrected chi connectivity index (χ0v) is 7.74. The SMILES string of the molecule is CN=C=C(C)C(=O)c1ccccc1. The van der Waals surface area contributed by atoms with E-state index in [1.54, 1.807) is 26.1 Å². The monoisotopic (exact) mass is 173 g/mol. The largest absolute Gasteiger partial charge is 0.288 e. The van der Waals surface area contributed by atoms with Gasteiger partial charge in [0, 0.05) is 12.6 Å². The Hall–Kier alpha value is -1.66. The van der Waals surface area contributed by atoms with Crippen molar-refractivity contribution >= 4 is 11.7 Å². The van der Waals surface area contributed by atoms with Crippen LogP contribution < -0.4 is 0 Å². The fraction of sp³-hybridized carbons (Fsp3) is 0.182. The van der Waals surface area contributed by atoms with Crippen LogP contribution in [0.4, 0.5) is 0 Å². The molecule has 0 amide bonds. The first-order chi connectivity index (χ1) is 6.25. The van der Waals surface area contributed by atoms with E-state index in [1.165, 1.54) is 0 Å². The molecule has 0 saturated carbocycles. The van der Waals surface area contributed by atoms with E-state index in [4.69, 9.17) is 0 Å². The average molecular weight is 173 g/mol. The lowest BCUT2D eigenvalue weighted by Crippen LogP contribution is -2.00. The van der Waals surface area contributed by atoms with Crippen molar-refractivity contribution in [2.75, 3.05) is 7.05 Å². The first-order valence-corrected chi connectivity index (χ1v) is 4.04. The van der Waals surface area contributed by atoms with Crippen molar-refractivity contribution in [3.8, 4) is 0 Å². The Kier molecular flexibility index (Phi) is 3.18. The van der Waals surface area contributed by atoms with Crippen LogP contribution in [0.2, 0.25) is 0 Å². The Balaban J connectivity index is 3.00. The zero-order valence-electron chi connectivity index (χ0n) is 7.74. The molecule has 0 spiro atoms. The summed E-state index contributed by atoms with van der Waals surface area (Å²) < 4.78 is 0. The van der Waals surface area contributed by atoms with Crippen LogP contribution in [0.1, 0.15) is 17.3 Å². The van der Waals surface area contributed by atoms with Gasteiger partial charge in [0.05, 0.1) is 5.57 Å². The van der Waals surface area contributed by atoms with Gasteiger partial charge in [-0.05, 0) is 12.8 Å². The molecule has 0 N–H and O–H groups in total. The van der Waals surface area contributed by atoms with Crippen molar-refractivity contribution in [3.63, 3.8) is 0 Å². The van der Waals surface area contributed by atoms with Crippen LogP contribution in [0.25, 0.3) is 0 Å². The molecule has 0 atom stereocenters. The first-order valence-electron chi connectivity index (χ1n) is 4.04. The van der Waals surface area contributed by atoms with Crippen LogP contribution in [0.3, 0.4) is 0 Å². The number of carbonyl (C=O) groups is 1. The van der Waals surface area contributed by atoms with Crippen molar-refractivity contribution in [2.24, 2.45) is 4.99 Å². The van der Waals surface area contributed by atoms with E-state index in [0.717, 1.165) is 0 Å². The van der Waals surface area contributed by atoms with Crippen molar-refractivity contribution in [3.05, 3.63) is 41.5 Å². The summed E-state index contributed by atoms with van der Waals surface area (Å²) in [6.45, 7) is 1.71. The quantitative estimate of drug-likeness (QED) is 0.382. The number of benzene rings is 1. The minimum Gasteiger partial charge on any atom is -0.288 e. The second-order valence-corrected chi connectivity index (χ2v) is 2.66. The predicted octanol–water partition coefficient (Wildman–Crippen LogP) is 2.12. The van der Waals surface area contributed by atoms with Gasteiger partial charge in [0.25, 0.3) is 0 Å². The highest BCUT2D eigenvalue weighted by Crippen LogP contribution is 2.04. The maximum atomic E-state index is 11.6. The number of carbonyl (C=O) groups excluding carboxylic acids is 1. The molecular formula is C11H11NO. The molecule has 66 valence electrons. The van der Waals surface area contributed by atoms with Gasteiger partial charge in [-0.15, -0.1) is 0 Å². The minimum absolute atomic E-state index is 0.0220. The summed E-state index contributed by atoms with van der Waals surface area (Å²) in [6, 6.07) is 9.11. The molecule has 0 heterocycles. The van der Waals surface area contributed by atoms with Gasteiger partial charge in [-0.2, -0.15) is 0 Å². The van der Waals surface area contributed by atoms with Crippen molar-refractivity contribution < 1.29 is 4.79 Å². The van der Waals surface area contributed by atoms with Gasteiger partial charge in [0.1, 0.15) is 0 Å². The number of aliphatic imine (C=N–C) groups is 1. The van der Waals surface area contributed by atoms with Gasteiger partial charge in [-0.3, -0.25) is 4.79 Å². The Morgan fingerprint density at radius 3 is 2.46 bits per heavy atom. The highest BCUT2D eigenvalue weighted by atomic mass is 16.1. The normalized spacial score (nSPS) is 8.77. The second-order valence-electron chi connectivity index (χ2n) is 2.66. The molecule has 1 rings (SSSR count). The molecule has 0 saturated heterocycles. The number of rotatable bonds is 2. The van der Waals surface area contributed by atoms with Crippen LogP contribution in [-0.4, -0.2) is 18.7 Å². The number of ketones is 1. The highest BCUT2D eigenvalue weighted by molar-refractivity contribution is 6.13. The Bertz CT molecular complexity index is 359. The Morgan fingerprint density at radius 1 is 1.31 bits per heavy atom. The van der Waals surface area contributed by atoms with E-state index in [2.05, 4.69) is 10.9 Å². The molecule has 1 aromatic rings. The molecule has 2 nitrogen and oxygen atoms in total. The number of hydrogen-bond acceptors (Lipinski definition) is 2. The zero-order chi connectivity index (χ0) is 9.68. The fourth-order valence-electron chi connectivity index (χ4n) is 1.02. The predicted molar refractivity (Wildman–Crippen MR) is 53.3 cm³/mol. The summed E-state index contributed by atoms with van der Waals surface area (Å²) in [4.78, 5) is 15.2. The van der Waals surface area contributed by atoms with Gasteiger partial charge in [0.15, 0.2) is 5.78 Å². The lowest BCUT2D eigenvalue weighted by atomic mass is 10.1. The Labute approximate surface area is 77.6 Å². The van der Waals surface area contributed by atoms with Crippen molar-refractivity contribution in [2.45, 2.75) is 6.92 Å². The maximum Gasteiger partial charge on any atom is 0.197 e. The summed E-state index contributed by atoms with van der Waals surface area (Å²) in [5.74, 6) is 2.61. The molecular weight excluding hydrogens is 162 g/mol. The van der Waals surface area contributed by atoms with E-state index >= 15 is 0 Å². The number of allylic oxidation sites excluding steroid dienone is 1. The average Bonchev–Trinajstić information content (AvgIpc) is 2.18. The van der Waals surface area contributed by atoms with Crippen LogP contribution in [0.5, 0.6) is 0 Å². The number of hydrogen-bond donors (Lipinski definition) is 0. The molecule has 0 aromatic heterocycles. The van der Waals surface area contributed by atoms with Crippen LogP contribution in [-0.2, 0) is 0 Å². The minimum atomic E-state index is -0.0220. The number of Topliss-reactive ketones (excluding diaryl/α,β-unsaturated/α-hetero) is 1. The summed E-state index contributed by atoms with van der Waals surface area (Å²) in [5.41, 5.74) is 1.21. The smallest absolute Gasteiger partial charge is 0.197 e. The summed E-state index contributed by atoms with van der Waals surface area (Å²) in [6.07, 6.45) is 0. The molecule has 1 aromatic carbocycles. The van der Waals surface area contributed by atoms with Gasteiger partial charge in [-0.25, -0.2) is 4.99 Å². The molecule has 0 aliphatic rings. The van der Waals surface area contributed by atoms with Crippen molar-refractivity contribution in [1.82, 2.24) is 0 Å². The van der Waals surface area contributed by atoms with Crippen LogP contribution >= 0.6 is 0 Å². The summed E-state index contributed by atoms with van der Waals surface area (Å²) in [7, 11) is 1.60. The van der Waals surface area contributed by atoms with E-state index < -0.39 is 0 Å². The standard InChI is InChI=1S/C11H11NO/c1-9(8-12-2)11(13)10-6-4-3-5-7-10/h3-7H,1-2H3. The molecule has 0 bridgehead atoms. The topological polar surface area (TPSA) is 29.4 Å². The lowest BCUT2D eigenvalue weighted by Gasteiger charge is -1.96. The molecule has 0 aliphatic heterocycles. The molecule has 2 heteroatoms. The maximum absolute atomic E-state index is 11.6. The van der Waals surface area contributed by atoms with Gasteiger partial charge in [0.2, 0.25) is 0 Å². The van der Waals surface area contributed by atoms with E-state index in [9.17, 15) is 4.79 Å². The van der Waals surface area contributed by atoms with Crippen LogP contribution in [0, 0.1) is 0 Å². The third kappa shape index (κ3) is 2.39. The third-order valence-electron chi connectivity index (χ3n) is 1.66. The molecule has 0 unspecified atom stereocenters. The van der Waals surface area contributed by atoms with Crippen LogP contribution in [0.15, 0.2) is 40.9 Å². The fourth-order valence-corrected chi connectivity index (χ4v) is 1.02. The first kappa shape index (κ1) is 9.43. The lowest BCUT2D eigenvalue weighted by molar-refractivity contribution is 0.103. The number of nitrogens with zero attached hydrogens (tertiary/aromatic N) is 1. The molecule has 0 aliphatic carbocycles. The highest BCUT2D eigenvalue weighted by Gasteiger charge is 2.05. The van der Waals surface area contributed by atoms with Crippen molar-refractivity contribution in [1.29, 1.82) is 0 Å². The summed E-state index contributed by atoms with van der Waals surface area (Å²) >= 11 is 0. The van der Waals surface area contributed by atoms with Gasteiger partial charge < -0.3 is 0 Å². The van der Waals surface area contributed by atoms with Gasteiger partial charge >= 0.3 is 0 Å². The van der Waals surface area contributed by atoms with Gasteiger partial charge in [-0.1, -0.05) is 30.3 Å². The third-order valence-corrected chi connectivity index (χ3v) is 1.66. The molecule has 13 heavy (non-hydrogen) atoms. The molecule has 0 radical (unpaired) electrons. The Morgan fingerprint density at radius 2 is 1.92 bits per heavy atom. The van der Waals surface area contributed by atoms with E-state index in [-0.39, 0.29) is 5.78 Å². The second kappa shape index (κ2) is 4.39. The molecule has 0 fully saturated rings. The summed E-state index contributed by atoms with van der Waals surface area (Å²) in [5, 5.41) is 0.